The predicted molar refractivity (Wildman–Crippen MR) is 75.5 cm³/mol. The van der Waals surface area contributed by atoms with Gasteiger partial charge in [0.1, 0.15) is 5.75 Å². The number of hydrogen-bond acceptors (Lipinski definition) is 2. The molecule has 0 spiro atoms. The molecule has 0 bridgehead atoms. The molecule has 1 aromatic carbocycles. The minimum Gasteiger partial charge on any atom is -0.493 e. The van der Waals surface area contributed by atoms with Crippen LogP contribution in [0.3, 0.4) is 0 Å². The third-order valence-electron chi connectivity index (χ3n) is 4.27. The Kier molecular flexibility index (Phi) is 3.21. The van der Waals surface area contributed by atoms with E-state index in [0.29, 0.717) is 5.92 Å². The summed E-state index contributed by atoms with van der Waals surface area (Å²) >= 11 is 0. The van der Waals surface area contributed by atoms with Gasteiger partial charge in [0.25, 0.3) is 0 Å². The Morgan fingerprint density at radius 2 is 1.95 bits per heavy atom. The first-order valence-electron chi connectivity index (χ1n) is 7.23. The van der Waals surface area contributed by atoms with Crippen molar-refractivity contribution in [2.24, 2.45) is 11.8 Å². The van der Waals surface area contributed by atoms with Gasteiger partial charge in [-0.3, -0.25) is 4.79 Å². The van der Waals surface area contributed by atoms with Crippen molar-refractivity contribution < 1.29 is 9.53 Å². The highest BCUT2D eigenvalue weighted by Gasteiger charge is 2.22. The van der Waals surface area contributed by atoms with Crippen LogP contribution in [0.25, 0.3) is 0 Å². The van der Waals surface area contributed by atoms with Gasteiger partial charge in [0.15, 0.2) is 0 Å². The molecule has 0 fully saturated rings. The van der Waals surface area contributed by atoms with Gasteiger partial charge in [-0.15, -0.1) is 0 Å². The monoisotopic (exact) mass is 259 g/mol. The van der Waals surface area contributed by atoms with Crippen molar-refractivity contribution >= 4 is 11.6 Å². The lowest BCUT2D eigenvalue weighted by atomic mass is 9.98. The second kappa shape index (κ2) is 4.87. The van der Waals surface area contributed by atoms with Crippen LogP contribution in [0.2, 0.25) is 0 Å². The van der Waals surface area contributed by atoms with Gasteiger partial charge >= 0.3 is 0 Å². The molecule has 2 aliphatic heterocycles. The van der Waals surface area contributed by atoms with Crippen molar-refractivity contribution in [2.75, 3.05) is 11.9 Å². The summed E-state index contributed by atoms with van der Waals surface area (Å²) in [5.41, 5.74) is 3.44. The van der Waals surface area contributed by atoms with E-state index >= 15 is 0 Å². The smallest absolute Gasteiger partial charge is 0.227 e. The molecule has 0 saturated heterocycles. The lowest BCUT2D eigenvalue weighted by Crippen LogP contribution is -2.18. The summed E-state index contributed by atoms with van der Waals surface area (Å²) < 4.78 is 5.91. The molecule has 0 aliphatic carbocycles. The Morgan fingerprint density at radius 1 is 1.16 bits per heavy atom. The zero-order valence-electron chi connectivity index (χ0n) is 11.7. The van der Waals surface area contributed by atoms with E-state index in [1.54, 1.807) is 0 Å². The van der Waals surface area contributed by atoms with Crippen LogP contribution in [0.15, 0.2) is 12.1 Å². The van der Waals surface area contributed by atoms with E-state index in [1.807, 2.05) is 6.92 Å². The largest absolute Gasteiger partial charge is 0.493 e. The minimum atomic E-state index is 0.0909. The average molecular weight is 259 g/mol. The molecular formula is C16H21NO2. The third kappa shape index (κ3) is 2.46. The molecule has 0 saturated carbocycles. The number of carbonyl (C=O) groups is 1. The molecule has 0 aromatic heterocycles. The molecule has 1 aromatic rings. The van der Waals surface area contributed by atoms with E-state index < -0.39 is 0 Å². The van der Waals surface area contributed by atoms with Crippen molar-refractivity contribution in [3.05, 3.63) is 23.3 Å². The molecule has 2 atom stereocenters. The number of hydrogen-bond donors (Lipinski definition) is 1. The van der Waals surface area contributed by atoms with Crippen LogP contribution >= 0.6 is 0 Å². The highest BCUT2D eigenvalue weighted by molar-refractivity contribution is 5.94. The maximum atomic E-state index is 11.9. The van der Waals surface area contributed by atoms with Crippen molar-refractivity contribution in [3.8, 4) is 5.75 Å². The topological polar surface area (TPSA) is 38.3 Å². The van der Waals surface area contributed by atoms with Crippen LogP contribution in [0, 0.1) is 11.8 Å². The van der Waals surface area contributed by atoms with Crippen molar-refractivity contribution in [1.82, 2.24) is 0 Å². The van der Waals surface area contributed by atoms with Gasteiger partial charge in [0.05, 0.1) is 6.61 Å². The summed E-state index contributed by atoms with van der Waals surface area (Å²) in [5.74, 6) is 1.85. The summed E-state index contributed by atoms with van der Waals surface area (Å²) in [6.45, 7) is 5.01. The van der Waals surface area contributed by atoms with Gasteiger partial charge in [0, 0.05) is 11.6 Å². The van der Waals surface area contributed by atoms with Crippen molar-refractivity contribution in [1.29, 1.82) is 0 Å². The number of aryl methyl sites for hydroxylation is 2. The second-order valence-corrected chi connectivity index (χ2v) is 6.00. The molecule has 2 aliphatic rings. The molecule has 0 radical (unpaired) electrons. The lowest BCUT2D eigenvalue weighted by Gasteiger charge is -2.13. The second-order valence-electron chi connectivity index (χ2n) is 6.00. The Morgan fingerprint density at radius 3 is 2.79 bits per heavy atom. The summed E-state index contributed by atoms with van der Waals surface area (Å²) in [7, 11) is 0. The highest BCUT2D eigenvalue weighted by Crippen LogP contribution is 2.34. The maximum Gasteiger partial charge on any atom is 0.227 e. The highest BCUT2D eigenvalue weighted by atomic mass is 16.5. The van der Waals surface area contributed by atoms with Gasteiger partial charge in [-0.1, -0.05) is 13.8 Å². The molecule has 2 heterocycles. The van der Waals surface area contributed by atoms with Crippen molar-refractivity contribution in [3.63, 3.8) is 0 Å². The first-order chi connectivity index (χ1) is 9.13. The number of carbonyl (C=O) groups excluding carboxylic acids is 1. The van der Waals surface area contributed by atoms with Gasteiger partial charge in [-0.2, -0.15) is 0 Å². The van der Waals surface area contributed by atoms with E-state index in [0.717, 1.165) is 43.7 Å². The van der Waals surface area contributed by atoms with E-state index in [4.69, 9.17) is 4.74 Å². The fraction of sp³-hybridized carbons (Fsp3) is 0.562. The normalized spacial score (nSPS) is 26.3. The summed E-state index contributed by atoms with van der Waals surface area (Å²) in [5, 5.41) is 3.06. The quantitative estimate of drug-likeness (QED) is 0.777. The van der Waals surface area contributed by atoms with Crippen LogP contribution in [0.5, 0.6) is 5.75 Å². The van der Waals surface area contributed by atoms with E-state index in [-0.39, 0.29) is 11.8 Å². The molecule has 2 unspecified atom stereocenters. The maximum absolute atomic E-state index is 11.9. The molecule has 3 rings (SSSR count). The van der Waals surface area contributed by atoms with Gasteiger partial charge in [-0.05, 0) is 54.9 Å². The Hall–Kier alpha value is -1.51. The zero-order chi connectivity index (χ0) is 13.4. The van der Waals surface area contributed by atoms with E-state index in [9.17, 15) is 4.79 Å². The number of rotatable bonds is 0. The number of fused-ring (bicyclic) bond motifs is 2. The SMILES string of the molecule is CC1CCc2cc3c(cc2OC1)CCC(C)C(=O)N3. The summed E-state index contributed by atoms with van der Waals surface area (Å²) in [6, 6.07) is 4.26. The van der Waals surface area contributed by atoms with Gasteiger partial charge in [0.2, 0.25) is 5.91 Å². The number of benzene rings is 1. The molecule has 3 heteroatoms. The first kappa shape index (κ1) is 12.5. The molecule has 19 heavy (non-hydrogen) atoms. The fourth-order valence-corrected chi connectivity index (χ4v) is 2.80. The van der Waals surface area contributed by atoms with Crippen LogP contribution < -0.4 is 10.1 Å². The third-order valence-corrected chi connectivity index (χ3v) is 4.27. The molecule has 3 nitrogen and oxygen atoms in total. The van der Waals surface area contributed by atoms with Gasteiger partial charge in [-0.25, -0.2) is 0 Å². The average Bonchev–Trinajstić information content (AvgIpc) is 2.65. The van der Waals surface area contributed by atoms with Gasteiger partial charge < -0.3 is 10.1 Å². The molecule has 1 N–H and O–H groups in total. The number of anilines is 1. The Labute approximate surface area is 114 Å². The predicted octanol–water partition coefficient (Wildman–Crippen LogP) is 3.17. The van der Waals surface area contributed by atoms with E-state index in [1.165, 1.54) is 11.1 Å². The zero-order valence-corrected chi connectivity index (χ0v) is 11.7. The lowest BCUT2D eigenvalue weighted by molar-refractivity contribution is -0.119. The molecule has 1 amide bonds. The van der Waals surface area contributed by atoms with Crippen LogP contribution in [-0.2, 0) is 17.6 Å². The van der Waals surface area contributed by atoms with Crippen molar-refractivity contribution in [2.45, 2.75) is 39.5 Å². The molecular weight excluding hydrogens is 238 g/mol. The molecule has 102 valence electrons. The fourth-order valence-electron chi connectivity index (χ4n) is 2.80. The Bertz CT molecular complexity index is 510. The Balaban J connectivity index is 1.96. The standard InChI is InChI=1S/C16H21NO2/c1-10-3-5-13-7-14-12(8-15(13)19-9-10)6-4-11(2)16(18)17-14/h7-8,10-11H,3-6,9H2,1-2H3,(H,17,18). The number of ether oxygens (including phenoxy) is 1. The van der Waals surface area contributed by atoms with Crippen LogP contribution in [0.4, 0.5) is 5.69 Å². The van der Waals surface area contributed by atoms with E-state index in [2.05, 4.69) is 24.4 Å². The minimum absolute atomic E-state index is 0.0909. The summed E-state index contributed by atoms with van der Waals surface area (Å²) in [6.07, 6.45) is 4.04. The van der Waals surface area contributed by atoms with Crippen LogP contribution in [0.1, 0.15) is 37.8 Å². The number of amides is 1. The van der Waals surface area contributed by atoms with Crippen LogP contribution in [-0.4, -0.2) is 12.5 Å². The number of nitrogens with one attached hydrogen (secondary N) is 1. The summed E-state index contributed by atoms with van der Waals surface area (Å²) in [4.78, 5) is 11.9. The first-order valence-corrected chi connectivity index (χ1v) is 7.23.